The Hall–Kier alpha value is -1.91. The molecule has 0 amide bonds. The summed E-state index contributed by atoms with van der Waals surface area (Å²) >= 11 is 0. The molecule has 0 saturated carbocycles. The molecule has 2 N–H and O–H groups in total. The highest BCUT2D eigenvalue weighted by Crippen LogP contribution is 2.19. The lowest BCUT2D eigenvalue weighted by Crippen LogP contribution is -2.13. The van der Waals surface area contributed by atoms with Gasteiger partial charge in [0.1, 0.15) is 5.82 Å². The fourth-order valence-electron chi connectivity index (χ4n) is 1.61. The van der Waals surface area contributed by atoms with Gasteiger partial charge in [-0.3, -0.25) is 0 Å². The van der Waals surface area contributed by atoms with Crippen molar-refractivity contribution in [3.63, 3.8) is 0 Å². The van der Waals surface area contributed by atoms with E-state index in [0.29, 0.717) is 41.5 Å². The van der Waals surface area contributed by atoms with E-state index in [1.165, 1.54) is 0 Å². The number of rotatable bonds is 5. The van der Waals surface area contributed by atoms with Crippen LogP contribution in [0.1, 0.15) is 42.4 Å². The smallest absolute Gasteiger partial charge is 0.339 e. The summed E-state index contributed by atoms with van der Waals surface area (Å²) in [7, 11) is 0. The number of aromatic nitrogens is 1. The molecule has 1 aromatic heterocycles. The van der Waals surface area contributed by atoms with E-state index in [4.69, 9.17) is 10.1 Å². The molecule has 0 aliphatic carbocycles. The average molecular weight is 249 g/mol. The highest BCUT2D eigenvalue weighted by Gasteiger charge is 2.16. The number of ether oxygens (including phenoxy) is 1. The molecule has 0 atom stereocenters. The van der Waals surface area contributed by atoms with Crippen molar-refractivity contribution in [3.8, 4) is 0 Å². The molecule has 0 aromatic carbocycles. The molecular weight excluding hydrogens is 230 g/mol. The average Bonchev–Trinajstić information content (AvgIpc) is 2.29. The van der Waals surface area contributed by atoms with E-state index in [-0.39, 0.29) is 0 Å². The lowest BCUT2D eigenvalue weighted by Gasteiger charge is -2.13. The first kappa shape index (κ1) is 14.2. The lowest BCUT2D eigenvalue weighted by molar-refractivity contribution is 0.0525. The Bertz CT molecular complexity index is 470. The molecule has 1 rings (SSSR count). The number of carbonyl (C=O) groups is 1. The van der Waals surface area contributed by atoms with Gasteiger partial charge in [-0.2, -0.15) is 0 Å². The van der Waals surface area contributed by atoms with E-state index in [1.54, 1.807) is 26.8 Å². The van der Waals surface area contributed by atoms with Gasteiger partial charge in [-0.1, -0.05) is 0 Å². The third kappa shape index (κ3) is 3.06. The topological polar surface area (TPSA) is 75.1 Å². The Balaban J connectivity index is 3.26. The maximum atomic E-state index is 11.8. The first-order chi connectivity index (χ1) is 8.51. The zero-order chi connectivity index (χ0) is 13.7. The van der Waals surface area contributed by atoms with Crippen LogP contribution >= 0.6 is 0 Å². The van der Waals surface area contributed by atoms with E-state index < -0.39 is 5.97 Å². The van der Waals surface area contributed by atoms with Crippen LogP contribution in [0.2, 0.25) is 0 Å². The SMILES string of the molecule is CCNc1nc(C)c(C(=O)OCC)cc1C(C)=N. The standard InChI is InChI=1S/C13H19N3O2/c1-5-15-12-10(8(3)14)7-11(9(4)16-12)13(17)18-6-2/h7,14H,5-6H2,1-4H3,(H,15,16). The minimum atomic E-state index is -0.395. The summed E-state index contributed by atoms with van der Waals surface area (Å²) in [5, 5.41) is 10.8. The van der Waals surface area contributed by atoms with Gasteiger partial charge in [-0.25, -0.2) is 9.78 Å². The molecule has 1 aromatic rings. The molecular formula is C13H19N3O2. The molecule has 0 radical (unpaired) electrons. The van der Waals surface area contributed by atoms with Gasteiger partial charge in [0.25, 0.3) is 0 Å². The van der Waals surface area contributed by atoms with Crippen molar-refractivity contribution in [2.75, 3.05) is 18.5 Å². The zero-order valence-electron chi connectivity index (χ0n) is 11.3. The minimum Gasteiger partial charge on any atom is -0.462 e. The largest absolute Gasteiger partial charge is 0.462 e. The molecule has 0 saturated heterocycles. The van der Waals surface area contributed by atoms with E-state index in [9.17, 15) is 4.79 Å². The predicted molar refractivity (Wildman–Crippen MR) is 71.6 cm³/mol. The normalized spacial score (nSPS) is 10.0. The van der Waals surface area contributed by atoms with Gasteiger partial charge in [0.2, 0.25) is 0 Å². The molecule has 0 bridgehead atoms. The summed E-state index contributed by atoms with van der Waals surface area (Å²) in [4.78, 5) is 16.1. The summed E-state index contributed by atoms with van der Waals surface area (Å²) in [6, 6.07) is 1.67. The van der Waals surface area contributed by atoms with Gasteiger partial charge < -0.3 is 15.5 Å². The van der Waals surface area contributed by atoms with Crippen LogP contribution in [0, 0.1) is 12.3 Å². The number of hydrogen-bond donors (Lipinski definition) is 2. The molecule has 0 unspecified atom stereocenters. The Morgan fingerprint density at radius 3 is 2.61 bits per heavy atom. The second-order valence-electron chi connectivity index (χ2n) is 3.89. The van der Waals surface area contributed by atoms with Crippen LogP contribution in [0.25, 0.3) is 0 Å². The molecule has 18 heavy (non-hydrogen) atoms. The monoisotopic (exact) mass is 249 g/mol. The van der Waals surface area contributed by atoms with Crippen molar-refractivity contribution in [2.24, 2.45) is 0 Å². The number of esters is 1. The Morgan fingerprint density at radius 1 is 1.44 bits per heavy atom. The minimum absolute atomic E-state index is 0.326. The Morgan fingerprint density at radius 2 is 2.11 bits per heavy atom. The summed E-state index contributed by atoms with van der Waals surface area (Å²) in [5.41, 5.74) is 2.02. The molecule has 0 fully saturated rings. The summed E-state index contributed by atoms with van der Waals surface area (Å²) in [5.74, 6) is 0.239. The van der Waals surface area contributed by atoms with Gasteiger partial charge in [0.05, 0.1) is 17.9 Å². The van der Waals surface area contributed by atoms with Gasteiger partial charge in [-0.15, -0.1) is 0 Å². The molecule has 1 heterocycles. The Labute approximate surface area is 107 Å². The number of nitrogens with one attached hydrogen (secondary N) is 2. The van der Waals surface area contributed by atoms with Crippen molar-refractivity contribution >= 4 is 17.5 Å². The number of pyridine rings is 1. The molecule has 0 aliphatic rings. The fraction of sp³-hybridized carbons (Fsp3) is 0.462. The fourth-order valence-corrected chi connectivity index (χ4v) is 1.61. The van der Waals surface area contributed by atoms with Crippen LogP contribution in [0.3, 0.4) is 0 Å². The number of aryl methyl sites for hydroxylation is 1. The van der Waals surface area contributed by atoms with Gasteiger partial charge in [-0.05, 0) is 33.8 Å². The maximum Gasteiger partial charge on any atom is 0.339 e. The van der Waals surface area contributed by atoms with Crippen LogP contribution in [0.5, 0.6) is 0 Å². The first-order valence-electron chi connectivity index (χ1n) is 5.99. The zero-order valence-corrected chi connectivity index (χ0v) is 11.3. The van der Waals surface area contributed by atoms with E-state index in [2.05, 4.69) is 10.3 Å². The number of carbonyl (C=O) groups excluding carboxylic acids is 1. The number of nitrogens with zero attached hydrogens (tertiary/aromatic N) is 1. The van der Waals surface area contributed by atoms with Crippen molar-refractivity contribution in [1.29, 1.82) is 5.41 Å². The number of anilines is 1. The summed E-state index contributed by atoms with van der Waals surface area (Å²) in [6.07, 6.45) is 0. The summed E-state index contributed by atoms with van der Waals surface area (Å²) in [6.45, 7) is 8.19. The first-order valence-corrected chi connectivity index (χ1v) is 5.99. The van der Waals surface area contributed by atoms with Crippen LogP contribution in [0.15, 0.2) is 6.07 Å². The second kappa shape index (κ2) is 6.14. The number of hydrogen-bond acceptors (Lipinski definition) is 5. The van der Waals surface area contributed by atoms with Crippen molar-refractivity contribution < 1.29 is 9.53 Å². The predicted octanol–water partition coefficient (Wildman–Crippen LogP) is 2.39. The van der Waals surface area contributed by atoms with Gasteiger partial charge >= 0.3 is 5.97 Å². The van der Waals surface area contributed by atoms with Crippen LogP contribution in [-0.2, 0) is 4.74 Å². The van der Waals surface area contributed by atoms with E-state index in [1.807, 2.05) is 6.92 Å². The van der Waals surface area contributed by atoms with Crippen molar-refractivity contribution in [2.45, 2.75) is 27.7 Å². The van der Waals surface area contributed by atoms with Crippen LogP contribution < -0.4 is 5.32 Å². The van der Waals surface area contributed by atoms with E-state index >= 15 is 0 Å². The molecule has 5 heteroatoms. The second-order valence-corrected chi connectivity index (χ2v) is 3.89. The van der Waals surface area contributed by atoms with E-state index in [0.717, 1.165) is 0 Å². The maximum absolute atomic E-state index is 11.8. The third-order valence-electron chi connectivity index (χ3n) is 2.46. The van der Waals surface area contributed by atoms with Gasteiger partial charge in [0.15, 0.2) is 0 Å². The summed E-state index contributed by atoms with van der Waals surface area (Å²) < 4.78 is 4.97. The van der Waals surface area contributed by atoms with Crippen LogP contribution in [-0.4, -0.2) is 29.8 Å². The van der Waals surface area contributed by atoms with Gasteiger partial charge in [0, 0.05) is 17.8 Å². The Kier molecular flexibility index (Phi) is 4.83. The van der Waals surface area contributed by atoms with Crippen molar-refractivity contribution in [1.82, 2.24) is 4.98 Å². The highest BCUT2D eigenvalue weighted by atomic mass is 16.5. The third-order valence-corrected chi connectivity index (χ3v) is 2.46. The van der Waals surface area contributed by atoms with Crippen molar-refractivity contribution in [3.05, 3.63) is 22.9 Å². The highest BCUT2D eigenvalue weighted by molar-refractivity contribution is 6.03. The quantitative estimate of drug-likeness (QED) is 0.620. The molecule has 5 nitrogen and oxygen atoms in total. The lowest BCUT2D eigenvalue weighted by atomic mass is 10.1. The van der Waals surface area contributed by atoms with Crippen LogP contribution in [0.4, 0.5) is 5.82 Å². The molecule has 98 valence electrons. The molecule has 0 spiro atoms. The molecule has 0 aliphatic heterocycles.